The van der Waals surface area contributed by atoms with Crippen LogP contribution in [-0.4, -0.2) is 28.6 Å². The minimum absolute atomic E-state index is 0.144. The van der Waals surface area contributed by atoms with Crippen LogP contribution >= 0.6 is 0 Å². The van der Waals surface area contributed by atoms with Gasteiger partial charge in [-0.1, -0.05) is 6.42 Å². The molecule has 6 nitrogen and oxygen atoms in total. The van der Waals surface area contributed by atoms with Crippen molar-refractivity contribution < 1.29 is 19.2 Å². The van der Waals surface area contributed by atoms with Crippen molar-refractivity contribution in [1.29, 1.82) is 0 Å². The molecule has 114 valence electrons. The van der Waals surface area contributed by atoms with Gasteiger partial charge in [-0.2, -0.15) is 0 Å². The second-order valence-electron chi connectivity index (χ2n) is 5.32. The van der Waals surface area contributed by atoms with Gasteiger partial charge in [0, 0.05) is 12.6 Å². The molecule has 0 spiro atoms. The summed E-state index contributed by atoms with van der Waals surface area (Å²) < 4.78 is 13.2. The predicted octanol–water partition coefficient (Wildman–Crippen LogP) is 2.01. The van der Waals surface area contributed by atoms with E-state index in [1.54, 1.807) is 0 Å². The number of hydrogen-bond donors (Lipinski definition) is 2. The smallest absolute Gasteiger partial charge is 0.282 e. The van der Waals surface area contributed by atoms with E-state index in [9.17, 15) is 24.4 Å². The lowest BCUT2D eigenvalue weighted by molar-refractivity contribution is -0.385. The van der Waals surface area contributed by atoms with Crippen LogP contribution in [-0.2, 0) is 0 Å². The lowest BCUT2D eigenvalue weighted by atomic mass is 9.87. The number of nitrogens with one attached hydrogen (secondary N) is 1. The first-order valence-electron chi connectivity index (χ1n) is 6.87. The Morgan fingerprint density at radius 2 is 2.24 bits per heavy atom. The fraction of sp³-hybridized carbons (Fsp3) is 0.500. The molecule has 1 aliphatic rings. The third-order valence-corrected chi connectivity index (χ3v) is 3.71. The van der Waals surface area contributed by atoms with E-state index in [2.05, 4.69) is 5.32 Å². The number of nitro groups is 1. The molecule has 0 aromatic heterocycles. The fourth-order valence-electron chi connectivity index (χ4n) is 2.63. The highest BCUT2D eigenvalue weighted by molar-refractivity contribution is 5.98. The molecular weight excluding hydrogens is 279 g/mol. The number of aliphatic hydroxyl groups excluding tert-OH is 1. The SMILES string of the molecule is O=C(NCC1CCCC(O)C1)c1cc(F)ccc1[N+](=O)[O-]. The van der Waals surface area contributed by atoms with Gasteiger partial charge >= 0.3 is 0 Å². The largest absolute Gasteiger partial charge is 0.393 e. The number of aliphatic hydroxyl groups is 1. The average Bonchev–Trinajstić information content (AvgIpc) is 2.44. The van der Waals surface area contributed by atoms with Gasteiger partial charge in [0.25, 0.3) is 11.6 Å². The summed E-state index contributed by atoms with van der Waals surface area (Å²) in [5.74, 6) is -1.22. The number of nitrogens with zero attached hydrogens (tertiary/aromatic N) is 1. The Balaban J connectivity index is 2.03. The van der Waals surface area contributed by atoms with Gasteiger partial charge in [-0.05, 0) is 37.3 Å². The van der Waals surface area contributed by atoms with Gasteiger partial charge < -0.3 is 10.4 Å². The summed E-state index contributed by atoms with van der Waals surface area (Å²) in [6.45, 7) is 0.323. The Bertz CT molecular complexity index is 550. The monoisotopic (exact) mass is 296 g/mol. The minimum atomic E-state index is -0.710. The second-order valence-corrected chi connectivity index (χ2v) is 5.32. The molecule has 2 rings (SSSR count). The quantitative estimate of drug-likeness (QED) is 0.656. The number of halogens is 1. The van der Waals surface area contributed by atoms with E-state index in [4.69, 9.17) is 0 Å². The van der Waals surface area contributed by atoms with Crippen LogP contribution in [0.3, 0.4) is 0 Å². The van der Waals surface area contributed by atoms with Gasteiger partial charge in [0.2, 0.25) is 0 Å². The lowest BCUT2D eigenvalue weighted by Gasteiger charge is -2.25. The summed E-state index contributed by atoms with van der Waals surface area (Å²) in [6, 6.07) is 2.80. The third kappa shape index (κ3) is 3.98. The van der Waals surface area contributed by atoms with E-state index in [1.807, 2.05) is 0 Å². The van der Waals surface area contributed by atoms with Crippen molar-refractivity contribution in [3.05, 3.63) is 39.7 Å². The molecule has 2 unspecified atom stereocenters. The van der Waals surface area contributed by atoms with Crippen LogP contribution in [0.5, 0.6) is 0 Å². The van der Waals surface area contributed by atoms with Crippen molar-refractivity contribution in [2.75, 3.05) is 6.54 Å². The molecule has 1 aliphatic carbocycles. The molecule has 0 radical (unpaired) electrons. The Labute approximate surface area is 121 Å². The van der Waals surface area contributed by atoms with Crippen LogP contribution in [0.1, 0.15) is 36.0 Å². The maximum absolute atomic E-state index is 13.2. The Kier molecular flexibility index (Phi) is 4.85. The van der Waals surface area contributed by atoms with Crippen molar-refractivity contribution in [3.8, 4) is 0 Å². The van der Waals surface area contributed by atoms with Crippen LogP contribution in [0, 0.1) is 21.8 Å². The highest BCUT2D eigenvalue weighted by Gasteiger charge is 2.24. The molecule has 1 aromatic rings. The zero-order valence-corrected chi connectivity index (χ0v) is 11.4. The number of nitro benzene ring substituents is 1. The van der Waals surface area contributed by atoms with Gasteiger partial charge in [-0.25, -0.2) is 4.39 Å². The summed E-state index contributed by atoms with van der Waals surface area (Å²) in [7, 11) is 0. The summed E-state index contributed by atoms with van der Waals surface area (Å²) in [5, 5.41) is 23.0. The van der Waals surface area contributed by atoms with Crippen molar-refractivity contribution in [2.45, 2.75) is 31.8 Å². The van der Waals surface area contributed by atoms with Gasteiger partial charge in [0.05, 0.1) is 11.0 Å². The number of amides is 1. The van der Waals surface area contributed by atoms with Crippen LogP contribution < -0.4 is 5.32 Å². The number of rotatable bonds is 4. The molecule has 1 fully saturated rings. The van der Waals surface area contributed by atoms with Crippen LogP contribution in [0.2, 0.25) is 0 Å². The molecule has 1 aromatic carbocycles. The van der Waals surface area contributed by atoms with Crippen LogP contribution in [0.25, 0.3) is 0 Å². The van der Waals surface area contributed by atoms with E-state index >= 15 is 0 Å². The molecule has 0 bridgehead atoms. The summed E-state index contributed by atoms with van der Waals surface area (Å²) in [4.78, 5) is 22.1. The molecule has 1 saturated carbocycles. The minimum Gasteiger partial charge on any atom is -0.393 e. The van der Waals surface area contributed by atoms with E-state index in [1.165, 1.54) is 0 Å². The summed E-state index contributed by atoms with van der Waals surface area (Å²) >= 11 is 0. The molecule has 0 saturated heterocycles. The first-order valence-corrected chi connectivity index (χ1v) is 6.87. The molecule has 2 atom stereocenters. The van der Waals surface area contributed by atoms with Crippen molar-refractivity contribution >= 4 is 11.6 Å². The second kappa shape index (κ2) is 6.62. The molecule has 0 heterocycles. The van der Waals surface area contributed by atoms with Crippen molar-refractivity contribution in [3.63, 3.8) is 0 Å². The van der Waals surface area contributed by atoms with Crippen LogP contribution in [0.15, 0.2) is 18.2 Å². The van der Waals surface area contributed by atoms with Gasteiger partial charge in [-0.15, -0.1) is 0 Å². The molecule has 21 heavy (non-hydrogen) atoms. The number of carbonyl (C=O) groups excluding carboxylic acids is 1. The molecule has 0 aliphatic heterocycles. The van der Waals surface area contributed by atoms with E-state index in [0.29, 0.717) is 13.0 Å². The third-order valence-electron chi connectivity index (χ3n) is 3.71. The van der Waals surface area contributed by atoms with E-state index in [-0.39, 0.29) is 17.6 Å². The summed E-state index contributed by atoms with van der Waals surface area (Å²) in [6.07, 6.45) is 2.79. The topological polar surface area (TPSA) is 92.5 Å². The number of benzene rings is 1. The van der Waals surface area contributed by atoms with Gasteiger partial charge in [-0.3, -0.25) is 14.9 Å². The predicted molar refractivity (Wildman–Crippen MR) is 73.4 cm³/mol. The zero-order valence-electron chi connectivity index (χ0n) is 11.4. The number of hydrogen-bond acceptors (Lipinski definition) is 4. The molecule has 7 heteroatoms. The van der Waals surface area contributed by atoms with E-state index < -0.39 is 22.3 Å². The maximum Gasteiger partial charge on any atom is 0.282 e. The number of carbonyl (C=O) groups is 1. The Hall–Kier alpha value is -2.02. The molecule has 1 amide bonds. The van der Waals surface area contributed by atoms with Crippen LogP contribution in [0.4, 0.5) is 10.1 Å². The maximum atomic E-state index is 13.2. The zero-order chi connectivity index (χ0) is 15.4. The first kappa shape index (κ1) is 15.4. The summed E-state index contributed by atoms with van der Waals surface area (Å²) in [5.41, 5.74) is -0.700. The highest BCUT2D eigenvalue weighted by Crippen LogP contribution is 2.24. The fourth-order valence-corrected chi connectivity index (χ4v) is 2.63. The average molecular weight is 296 g/mol. The Morgan fingerprint density at radius 1 is 1.48 bits per heavy atom. The van der Waals surface area contributed by atoms with Gasteiger partial charge in [0.1, 0.15) is 11.4 Å². The van der Waals surface area contributed by atoms with Gasteiger partial charge in [0.15, 0.2) is 0 Å². The normalized spacial score (nSPS) is 21.8. The highest BCUT2D eigenvalue weighted by atomic mass is 19.1. The van der Waals surface area contributed by atoms with Crippen molar-refractivity contribution in [2.24, 2.45) is 5.92 Å². The standard InChI is InChI=1S/C14H17FN2O4/c15-10-4-5-13(17(20)21)12(7-10)14(19)16-8-9-2-1-3-11(18)6-9/h4-5,7,9,11,18H,1-3,6,8H2,(H,16,19). The lowest BCUT2D eigenvalue weighted by Crippen LogP contribution is -2.33. The molecular formula is C14H17FN2O4. The van der Waals surface area contributed by atoms with E-state index in [0.717, 1.165) is 37.5 Å². The molecule has 2 N–H and O–H groups in total. The first-order chi connectivity index (χ1) is 9.97. The Morgan fingerprint density at radius 3 is 2.90 bits per heavy atom. The van der Waals surface area contributed by atoms with Crippen molar-refractivity contribution in [1.82, 2.24) is 5.32 Å².